The molecule has 0 saturated heterocycles. The van der Waals surface area contributed by atoms with Gasteiger partial charge in [0.2, 0.25) is 0 Å². The van der Waals surface area contributed by atoms with Gasteiger partial charge in [0.15, 0.2) is 0 Å². The Morgan fingerprint density at radius 1 is 1.00 bits per heavy atom. The summed E-state index contributed by atoms with van der Waals surface area (Å²) in [5, 5.41) is 1.59. The van der Waals surface area contributed by atoms with Gasteiger partial charge in [-0.15, -0.1) is 0 Å². The summed E-state index contributed by atoms with van der Waals surface area (Å²) in [5.41, 5.74) is 3.48. The quantitative estimate of drug-likeness (QED) is 0.535. The molecule has 2 aromatic rings. The van der Waals surface area contributed by atoms with Gasteiger partial charge in [-0.3, -0.25) is 0 Å². The van der Waals surface area contributed by atoms with E-state index in [0.717, 1.165) is 15.9 Å². The average Bonchev–Trinajstić information content (AvgIpc) is 2.39. The highest BCUT2D eigenvalue weighted by Gasteiger charge is 2.01. The number of hydrogen-bond donors (Lipinski definition) is 0. The third-order valence-electron chi connectivity index (χ3n) is 2.52. The number of alkyl halides is 1. The molecule has 0 N–H and O–H groups in total. The van der Waals surface area contributed by atoms with E-state index >= 15 is 0 Å². The van der Waals surface area contributed by atoms with E-state index in [2.05, 4.69) is 34.1 Å². The van der Waals surface area contributed by atoms with Crippen LogP contribution < -0.4 is 0 Å². The van der Waals surface area contributed by atoms with Crippen LogP contribution in [0.4, 0.5) is 0 Å². The Bertz CT molecular complexity index is 517. The van der Waals surface area contributed by atoms with Gasteiger partial charge in [-0.2, -0.15) is 0 Å². The summed E-state index contributed by atoms with van der Waals surface area (Å²) in [6, 6.07) is 18.2. The number of benzene rings is 2. The van der Waals surface area contributed by atoms with Crippen LogP contribution in [-0.4, -0.2) is 5.33 Å². The van der Waals surface area contributed by atoms with Crippen LogP contribution in [0.15, 0.2) is 54.6 Å². The number of allylic oxidation sites excluding steroid dienone is 1. The van der Waals surface area contributed by atoms with Crippen LogP contribution in [0.3, 0.4) is 0 Å². The molecule has 0 unspecified atom stereocenters. The van der Waals surface area contributed by atoms with Crippen LogP contribution in [0.5, 0.6) is 0 Å². The minimum absolute atomic E-state index is 0.780. The lowest BCUT2D eigenvalue weighted by molar-refractivity contribution is 1.58. The van der Waals surface area contributed by atoms with E-state index < -0.39 is 0 Å². The fourth-order valence-corrected chi connectivity index (χ4v) is 2.31. The molecule has 0 heterocycles. The Labute approximate surface area is 115 Å². The molecule has 17 heavy (non-hydrogen) atoms. The van der Waals surface area contributed by atoms with E-state index in [1.807, 2.05) is 42.5 Å². The van der Waals surface area contributed by atoms with Crippen molar-refractivity contribution in [3.05, 3.63) is 70.7 Å². The molecule has 2 aromatic carbocycles. The Morgan fingerprint density at radius 2 is 1.65 bits per heavy atom. The smallest absolute Gasteiger partial charge is 0.0478 e. The molecule has 0 aliphatic carbocycles. The van der Waals surface area contributed by atoms with Crippen LogP contribution in [0, 0.1) is 0 Å². The summed E-state index contributed by atoms with van der Waals surface area (Å²) in [6.45, 7) is 0. The minimum Gasteiger partial charge on any atom is -0.0876 e. The molecule has 0 fully saturated rings. The molecule has 2 heteroatoms. The number of rotatable bonds is 3. The maximum atomic E-state index is 6.15. The molecule has 86 valence electrons. The van der Waals surface area contributed by atoms with Crippen molar-refractivity contribution in [1.82, 2.24) is 0 Å². The van der Waals surface area contributed by atoms with Gasteiger partial charge in [-0.05, 0) is 28.8 Å². The molecule has 0 radical (unpaired) electrons. The summed E-state index contributed by atoms with van der Waals surface area (Å²) >= 11 is 9.68. The van der Waals surface area contributed by atoms with E-state index in [-0.39, 0.29) is 0 Å². The summed E-state index contributed by atoms with van der Waals surface area (Å²) in [6.07, 6.45) is 2.12. The molecule has 0 saturated carbocycles. The zero-order valence-corrected chi connectivity index (χ0v) is 11.6. The molecule has 0 amide bonds. The first-order chi connectivity index (χ1) is 8.31. The Hall–Kier alpha value is -1.05. The molecule has 0 aliphatic rings. The summed E-state index contributed by atoms with van der Waals surface area (Å²) in [4.78, 5) is 0. The third kappa shape index (κ3) is 3.21. The third-order valence-corrected chi connectivity index (χ3v) is 3.47. The van der Waals surface area contributed by atoms with Crippen molar-refractivity contribution < 1.29 is 0 Å². The second kappa shape index (κ2) is 6.04. The lowest BCUT2D eigenvalue weighted by atomic mass is 10.0. The molecule has 0 nitrogen and oxygen atoms in total. The standard InChI is InChI=1S/C15H12BrCl/c16-11-14(12-6-2-1-3-7-12)10-13-8-4-5-9-15(13)17/h1-10H,11H2/b14-10+. The molecule has 0 aromatic heterocycles. The van der Waals surface area contributed by atoms with Crippen molar-refractivity contribution in [3.63, 3.8) is 0 Å². The van der Waals surface area contributed by atoms with E-state index in [0.29, 0.717) is 0 Å². The van der Waals surface area contributed by atoms with Gasteiger partial charge in [-0.1, -0.05) is 76.1 Å². The normalized spacial score (nSPS) is 11.5. The molecular formula is C15H12BrCl. The predicted octanol–water partition coefficient (Wildman–Crippen LogP) is 5.28. The van der Waals surface area contributed by atoms with Crippen LogP contribution in [-0.2, 0) is 0 Å². The first-order valence-electron chi connectivity index (χ1n) is 5.38. The molecule has 0 bridgehead atoms. The van der Waals surface area contributed by atoms with Crippen molar-refractivity contribution in [2.45, 2.75) is 0 Å². The summed E-state index contributed by atoms with van der Waals surface area (Å²) < 4.78 is 0. The SMILES string of the molecule is Clc1ccccc1/C=C(\CBr)c1ccccc1. The Kier molecular flexibility index (Phi) is 4.41. The van der Waals surface area contributed by atoms with Crippen LogP contribution in [0.1, 0.15) is 11.1 Å². The molecule has 0 spiro atoms. The fraction of sp³-hybridized carbons (Fsp3) is 0.0667. The molecule has 0 aliphatic heterocycles. The molecule has 2 rings (SSSR count). The largest absolute Gasteiger partial charge is 0.0876 e. The first kappa shape index (κ1) is 12.4. The van der Waals surface area contributed by atoms with Crippen LogP contribution in [0.2, 0.25) is 5.02 Å². The second-order valence-corrected chi connectivity index (χ2v) is 4.66. The van der Waals surface area contributed by atoms with Gasteiger partial charge in [0.05, 0.1) is 0 Å². The van der Waals surface area contributed by atoms with Gasteiger partial charge in [-0.25, -0.2) is 0 Å². The van der Waals surface area contributed by atoms with Crippen molar-refractivity contribution in [3.8, 4) is 0 Å². The highest BCUT2D eigenvalue weighted by Crippen LogP contribution is 2.24. The Balaban J connectivity index is 2.40. The van der Waals surface area contributed by atoms with E-state index in [4.69, 9.17) is 11.6 Å². The lowest BCUT2D eigenvalue weighted by Crippen LogP contribution is -1.85. The van der Waals surface area contributed by atoms with Crippen molar-refractivity contribution >= 4 is 39.2 Å². The van der Waals surface area contributed by atoms with Crippen molar-refractivity contribution in [2.24, 2.45) is 0 Å². The van der Waals surface area contributed by atoms with Gasteiger partial charge in [0.1, 0.15) is 0 Å². The summed E-state index contributed by atoms with van der Waals surface area (Å²) in [7, 11) is 0. The lowest BCUT2D eigenvalue weighted by Gasteiger charge is -2.05. The zero-order chi connectivity index (χ0) is 12.1. The van der Waals surface area contributed by atoms with E-state index in [1.54, 1.807) is 0 Å². The monoisotopic (exact) mass is 306 g/mol. The van der Waals surface area contributed by atoms with Gasteiger partial charge >= 0.3 is 0 Å². The fourth-order valence-electron chi connectivity index (χ4n) is 1.63. The minimum atomic E-state index is 0.780. The Morgan fingerprint density at radius 3 is 2.29 bits per heavy atom. The second-order valence-electron chi connectivity index (χ2n) is 3.69. The molecule has 0 atom stereocenters. The van der Waals surface area contributed by atoms with E-state index in [1.165, 1.54) is 11.1 Å². The van der Waals surface area contributed by atoms with Gasteiger partial charge < -0.3 is 0 Å². The number of halogens is 2. The predicted molar refractivity (Wildman–Crippen MR) is 79.6 cm³/mol. The van der Waals surface area contributed by atoms with Crippen LogP contribution in [0.25, 0.3) is 11.6 Å². The summed E-state index contributed by atoms with van der Waals surface area (Å²) in [5.74, 6) is 0. The number of hydrogen-bond acceptors (Lipinski definition) is 0. The first-order valence-corrected chi connectivity index (χ1v) is 6.87. The maximum absolute atomic E-state index is 6.15. The van der Waals surface area contributed by atoms with E-state index in [9.17, 15) is 0 Å². The highest BCUT2D eigenvalue weighted by atomic mass is 79.9. The van der Waals surface area contributed by atoms with Crippen molar-refractivity contribution in [1.29, 1.82) is 0 Å². The van der Waals surface area contributed by atoms with Gasteiger partial charge in [0.25, 0.3) is 0 Å². The van der Waals surface area contributed by atoms with Gasteiger partial charge in [0, 0.05) is 10.4 Å². The maximum Gasteiger partial charge on any atom is 0.0478 e. The van der Waals surface area contributed by atoms with Crippen molar-refractivity contribution in [2.75, 3.05) is 5.33 Å². The molecular weight excluding hydrogens is 296 g/mol. The average molecular weight is 308 g/mol. The topological polar surface area (TPSA) is 0 Å². The highest BCUT2D eigenvalue weighted by molar-refractivity contribution is 9.09. The van der Waals surface area contributed by atoms with Crippen LogP contribution >= 0.6 is 27.5 Å². The zero-order valence-electron chi connectivity index (χ0n) is 9.24.